The highest BCUT2D eigenvalue weighted by Crippen LogP contribution is 2.23. The Kier molecular flexibility index (Phi) is 7.96. The molecule has 2 rings (SSSR count). The molecule has 0 radical (unpaired) electrons. The van der Waals surface area contributed by atoms with Crippen molar-refractivity contribution in [2.24, 2.45) is 0 Å². The molecule has 0 aliphatic carbocycles. The number of rotatable bonds is 7. The topological polar surface area (TPSA) is 46.6 Å². The first-order valence-corrected chi connectivity index (χ1v) is 9.55. The van der Waals surface area contributed by atoms with Crippen molar-refractivity contribution in [2.75, 3.05) is 13.7 Å². The molecule has 0 fully saturated rings. The lowest BCUT2D eigenvalue weighted by Gasteiger charge is -2.27. The van der Waals surface area contributed by atoms with Gasteiger partial charge in [-0.05, 0) is 42.3 Å². The number of halogens is 3. The maximum absolute atomic E-state index is 12.7. The Labute approximate surface area is 174 Å². The third-order valence-electron chi connectivity index (χ3n) is 4.08. The number of benzene rings is 2. The molecule has 0 aliphatic rings. The summed E-state index contributed by atoms with van der Waals surface area (Å²) >= 11 is 17.9. The maximum atomic E-state index is 12.7. The van der Waals surface area contributed by atoms with Crippen LogP contribution in [0, 0.1) is 0 Å². The lowest BCUT2D eigenvalue weighted by atomic mass is 10.0. The summed E-state index contributed by atoms with van der Waals surface area (Å²) in [5.41, 5.74) is 1.56. The number of ether oxygens (including phenoxy) is 1. The predicted molar refractivity (Wildman–Crippen MR) is 109 cm³/mol. The summed E-state index contributed by atoms with van der Waals surface area (Å²) in [6.45, 7) is 1.96. The van der Waals surface area contributed by atoms with E-state index in [1.54, 1.807) is 50.4 Å². The average Bonchev–Trinajstić information content (AvgIpc) is 2.62. The Morgan fingerprint density at radius 3 is 2.41 bits per heavy atom. The van der Waals surface area contributed by atoms with Gasteiger partial charge in [0.15, 0.2) is 0 Å². The van der Waals surface area contributed by atoms with E-state index in [0.29, 0.717) is 27.1 Å². The lowest BCUT2D eigenvalue weighted by Crippen LogP contribution is -2.45. The molecule has 2 aromatic carbocycles. The summed E-state index contributed by atoms with van der Waals surface area (Å²) in [4.78, 5) is 26.6. The molecule has 0 aliphatic heterocycles. The first-order chi connectivity index (χ1) is 12.8. The van der Waals surface area contributed by atoms with E-state index in [2.05, 4.69) is 0 Å². The number of carbonyl (C=O) groups excluding carboxylic acids is 2. The molecule has 0 bridgehead atoms. The summed E-state index contributed by atoms with van der Waals surface area (Å²) in [6, 6.07) is 11.4. The standard InChI is InChI=1S/C20H20Cl3NO3/c1-3-27-20(26)18(11-13-5-4-6-15(21)9-13)24(2)19(25)12-14-7-8-16(22)17(23)10-14/h4-10,18H,3,11-12H2,1-2H3. The number of amides is 1. The predicted octanol–water partition coefficient (Wildman–Crippen LogP) is 4.82. The van der Waals surface area contributed by atoms with Crippen molar-refractivity contribution < 1.29 is 14.3 Å². The zero-order chi connectivity index (χ0) is 20.0. The Hall–Kier alpha value is -1.75. The molecule has 0 spiro atoms. The molecule has 144 valence electrons. The van der Waals surface area contributed by atoms with Crippen molar-refractivity contribution in [2.45, 2.75) is 25.8 Å². The number of hydrogen-bond acceptors (Lipinski definition) is 3. The number of nitrogens with zero attached hydrogens (tertiary/aromatic N) is 1. The molecule has 1 atom stereocenters. The van der Waals surface area contributed by atoms with Gasteiger partial charge in [-0.3, -0.25) is 4.79 Å². The van der Waals surface area contributed by atoms with E-state index < -0.39 is 12.0 Å². The van der Waals surface area contributed by atoms with Crippen molar-refractivity contribution in [3.8, 4) is 0 Å². The second kappa shape index (κ2) is 9.98. The Morgan fingerprint density at radius 1 is 1.04 bits per heavy atom. The fraction of sp³-hybridized carbons (Fsp3) is 0.300. The van der Waals surface area contributed by atoms with Crippen molar-refractivity contribution in [1.82, 2.24) is 4.90 Å². The van der Waals surface area contributed by atoms with E-state index in [0.717, 1.165) is 5.56 Å². The van der Waals surface area contributed by atoms with Gasteiger partial charge in [0.2, 0.25) is 5.91 Å². The smallest absolute Gasteiger partial charge is 0.329 e. The molecule has 27 heavy (non-hydrogen) atoms. The van der Waals surface area contributed by atoms with Gasteiger partial charge in [-0.25, -0.2) is 4.79 Å². The Bertz CT molecular complexity index is 826. The molecule has 0 saturated heterocycles. The van der Waals surface area contributed by atoms with Crippen LogP contribution >= 0.6 is 34.8 Å². The van der Waals surface area contributed by atoms with E-state index in [1.165, 1.54) is 4.90 Å². The highest BCUT2D eigenvalue weighted by atomic mass is 35.5. The molecular formula is C20H20Cl3NO3. The minimum absolute atomic E-state index is 0.0961. The minimum atomic E-state index is -0.751. The average molecular weight is 429 g/mol. The van der Waals surface area contributed by atoms with Gasteiger partial charge in [0.1, 0.15) is 6.04 Å². The van der Waals surface area contributed by atoms with E-state index in [-0.39, 0.29) is 18.9 Å². The first kappa shape index (κ1) is 21.5. The normalized spacial score (nSPS) is 11.7. The summed E-state index contributed by atoms with van der Waals surface area (Å²) in [6.07, 6.45) is 0.405. The largest absolute Gasteiger partial charge is 0.464 e. The van der Waals surface area contributed by atoms with Gasteiger partial charge in [-0.2, -0.15) is 0 Å². The monoisotopic (exact) mass is 427 g/mol. The van der Waals surface area contributed by atoms with E-state index in [1.807, 2.05) is 6.07 Å². The zero-order valence-electron chi connectivity index (χ0n) is 15.0. The number of esters is 1. The van der Waals surface area contributed by atoms with Crippen LogP contribution in [0.2, 0.25) is 15.1 Å². The summed E-state index contributed by atoms with van der Waals surface area (Å²) < 4.78 is 5.16. The van der Waals surface area contributed by atoms with Crippen LogP contribution in [0.5, 0.6) is 0 Å². The van der Waals surface area contributed by atoms with Crippen LogP contribution in [0.1, 0.15) is 18.1 Å². The molecule has 1 unspecified atom stereocenters. The summed E-state index contributed by atoms with van der Waals surface area (Å²) in [5.74, 6) is -0.684. The van der Waals surface area contributed by atoms with Gasteiger partial charge in [0.25, 0.3) is 0 Å². The highest BCUT2D eigenvalue weighted by molar-refractivity contribution is 6.42. The molecule has 0 N–H and O–H groups in total. The molecule has 0 heterocycles. The molecule has 0 saturated carbocycles. The number of hydrogen-bond donors (Lipinski definition) is 0. The van der Waals surface area contributed by atoms with Gasteiger partial charge < -0.3 is 9.64 Å². The number of likely N-dealkylation sites (N-methyl/N-ethyl adjacent to an activating group) is 1. The molecule has 7 heteroatoms. The quantitative estimate of drug-likeness (QED) is 0.594. The van der Waals surface area contributed by atoms with Crippen molar-refractivity contribution in [3.05, 3.63) is 68.7 Å². The molecule has 2 aromatic rings. The van der Waals surface area contributed by atoms with Gasteiger partial charge >= 0.3 is 5.97 Å². The SMILES string of the molecule is CCOC(=O)C(Cc1cccc(Cl)c1)N(C)C(=O)Cc1ccc(Cl)c(Cl)c1. The van der Waals surface area contributed by atoms with Crippen LogP contribution in [-0.4, -0.2) is 36.5 Å². The Balaban J connectivity index is 2.18. The second-order valence-electron chi connectivity index (χ2n) is 6.03. The molecular weight excluding hydrogens is 409 g/mol. The molecule has 0 aromatic heterocycles. The maximum Gasteiger partial charge on any atom is 0.329 e. The molecule has 1 amide bonds. The van der Waals surface area contributed by atoms with E-state index in [9.17, 15) is 9.59 Å². The zero-order valence-corrected chi connectivity index (χ0v) is 17.3. The lowest BCUT2D eigenvalue weighted by molar-refractivity contribution is -0.153. The third kappa shape index (κ3) is 6.13. The van der Waals surface area contributed by atoms with Crippen LogP contribution in [-0.2, 0) is 27.2 Å². The molecule has 4 nitrogen and oxygen atoms in total. The van der Waals surface area contributed by atoms with E-state index in [4.69, 9.17) is 39.5 Å². The third-order valence-corrected chi connectivity index (χ3v) is 5.05. The van der Waals surface area contributed by atoms with Crippen LogP contribution in [0.4, 0.5) is 0 Å². The van der Waals surface area contributed by atoms with Crippen molar-refractivity contribution in [3.63, 3.8) is 0 Å². The van der Waals surface area contributed by atoms with Crippen LogP contribution in [0.15, 0.2) is 42.5 Å². The summed E-state index contributed by atoms with van der Waals surface area (Å²) in [7, 11) is 1.59. The fourth-order valence-electron chi connectivity index (χ4n) is 2.63. The Morgan fingerprint density at radius 2 is 1.78 bits per heavy atom. The minimum Gasteiger partial charge on any atom is -0.464 e. The highest BCUT2D eigenvalue weighted by Gasteiger charge is 2.28. The van der Waals surface area contributed by atoms with Gasteiger partial charge in [-0.15, -0.1) is 0 Å². The fourth-order valence-corrected chi connectivity index (χ4v) is 3.16. The van der Waals surface area contributed by atoms with Gasteiger partial charge in [0.05, 0.1) is 23.1 Å². The second-order valence-corrected chi connectivity index (χ2v) is 7.28. The van der Waals surface area contributed by atoms with E-state index >= 15 is 0 Å². The van der Waals surface area contributed by atoms with Gasteiger partial charge in [0, 0.05) is 18.5 Å². The van der Waals surface area contributed by atoms with Crippen LogP contribution < -0.4 is 0 Å². The van der Waals surface area contributed by atoms with Crippen molar-refractivity contribution >= 4 is 46.7 Å². The van der Waals surface area contributed by atoms with Crippen molar-refractivity contribution in [1.29, 1.82) is 0 Å². The first-order valence-electron chi connectivity index (χ1n) is 8.42. The van der Waals surface area contributed by atoms with Gasteiger partial charge in [-0.1, -0.05) is 53.0 Å². The summed E-state index contributed by atoms with van der Waals surface area (Å²) in [5, 5.41) is 1.37. The number of carbonyl (C=O) groups is 2. The van der Waals surface area contributed by atoms with Crippen LogP contribution in [0.3, 0.4) is 0 Å². The van der Waals surface area contributed by atoms with Crippen LogP contribution in [0.25, 0.3) is 0 Å².